The number of aliphatic carboxylic acids is 1. The maximum atomic E-state index is 12.5. The van der Waals surface area contributed by atoms with Crippen molar-refractivity contribution in [1.29, 1.82) is 0 Å². The monoisotopic (exact) mass is 265 g/mol. The first-order valence-corrected chi connectivity index (χ1v) is 6.55. The number of hydrogen-bond acceptors (Lipinski definition) is 4. The number of carboxylic acid groups (broad SMARTS) is 1. The van der Waals surface area contributed by atoms with Crippen LogP contribution < -0.4 is 0 Å². The number of carbonyl (C=O) groups is 2. The zero-order valence-electron chi connectivity index (χ0n) is 10.5. The summed E-state index contributed by atoms with van der Waals surface area (Å²) in [6.45, 7) is 2.92. The normalized spacial score (nSPS) is 50.5. The zero-order chi connectivity index (χ0) is 13.4. The van der Waals surface area contributed by atoms with Crippen molar-refractivity contribution in [1.82, 2.24) is 4.90 Å². The second-order valence-electron chi connectivity index (χ2n) is 5.87. The standard InChI is InChI=1S/C13H15NO5/c1-12-3-4-13(19-12)7(8(12)10(16)17)9(15)14-5-2-6-18-11(13)14/h3-4,7-8,11H,2,5-6H2,1H3,(H,16,17)/t7?,8?,11?,12-,13+/m0/s1. The molecule has 0 aliphatic carbocycles. The van der Waals surface area contributed by atoms with Crippen LogP contribution >= 0.6 is 0 Å². The van der Waals surface area contributed by atoms with Crippen LogP contribution in [0.2, 0.25) is 0 Å². The summed E-state index contributed by atoms with van der Waals surface area (Å²) in [7, 11) is 0. The second-order valence-corrected chi connectivity index (χ2v) is 5.87. The Kier molecular flexibility index (Phi) is 1.92. The molecule has 6 heteroatoms. The molecule has 4 heterocycles. The van der Waals surface area contributed by atoms with E-state index in [1.807, 2.05) is 6.08 Å². The van der Waals surface area contributed by atoms with Crippen molar-refractivity contribution in [3.8, 4) is 0 Å². The van der Waals surface area contributed by atoms with Gasteiger partial charge in [0.05, 0.1) is 18.1 Å². The SMILES string of the molecule is C[C@@]12C=C[C@@]3(O1)C(C(=O)N1CCCOC13)C2C(=O)O. The number of nitrogens with zero attached hydrogens (tertiary/aromatic N) is 1. The molecule has 3 unspecified atom stereocenters. The number of carbonyl (C=O) groups excluding carboxylic acids is 1. The highest BCUT2D eigenvalue weighted by atomic mass is 16.6. The third-order valence-electron chi connectivity index (χ3n) is 4.81. The summed E-state index contributed by atoms with van der Waals surface area (Å²) in [5.74, 6) is -2.63. The first-order chi connectivity index (χ1) is 9.00. The van der Waals surface area contributed by atoms with E-state index in [0.717, 1.165) is 6.42 Å². The van der Waals surface area contributed by atoms with Gasteiger partial charge in [0.15, 0.2) is 6.23 Å². The molecule has 3 fully saturated rings. The van der Waals surface area contributed by atoms with E-state index in [0.29, 0.717) is 13.2 Å². The number of ether oxygens (including phenoxy) is 2. The van der Waals surface area contributed by atoms with Crippen LogP contribution in [-0.4, -0.2) is 52.5 Å². The van der Waals surface area contributed by atoms with E-state index in [1.165, 1.54) is 0 Å². The van der Waals surface area contributed by atoms with E-state index in [2.05, 4.69) is 0 Å². The van der Waals surface area contributed by atoms with Gasteiger partial charge in [0.25, 0.3) is 0 Å². The Balaban J connectivity index is 1.86. The van der Waals surface area contributed by atoms with Crippen molar-refractivity contribution in [2.24, 2.45) is 11.8 Å². The number of fused-ring (bicyclic) bond motifs is 2. The molecule has 2 bridgehead atoms. The first kappa shape index (κ1) is 11.4. The van der Waals surface area contributed by atoms with Gasteiger partial charge in [-0.1, -0.05) is 6.08 Å². The highest BCUT2D eigenvalue weighted by Gasteiger charge is 2.75. The van der Waals surface area contributed by atoms with Crippen LogP contribution in [0.25, 0.3) is 0 Å². The first-order valence-electron chi connectivity index (χ1n) is 6.55. The molecule has 4 aliphatic rings. The van der Waals surface area contributed by atoms with Crippen molar-refractivity contribution in [2.45, 2.75) is 30.8 Å². The lowest BCUT2D eigenvalue weighted by Crippen LogP contribution is -2.50. The Labute approximate surface area is 110 Å². The Bertz CT molecular complexity index is 517. The van der Waals surface area contributed by atoms with Gasteiger partial charge in [-0.25, -0.2) is 0 Å². The fraction of sp³-hybridized carbons (Fsp3) is 0.692. The Morgan fingerprint density at radius 2 is 2.32 bits per heavy atom. The molecule has 0 aromatic rings. The minimum absolute atomic E-state index is 0.148. The minimum Gasteiger partial charge on any atom is -0.481 e. The van der Waals surface area contributed by atoms with Gasteiger partial charge in [0.2, 0.25) is 5.91 Å². The van der Waals surface area contributed by atoms with Crippen LogP contribution in [0.5, 0.6) is 0 Å². The second kappa shape index (κ2) is 3.19. The smallest absolute Gasteiger partial charge is 0.310 e. The van der Waals surface area contributed by atoms with E-state index in [4.69, 9.17) is 9.47 Å². The Hall–Kier alpha value is -1.40. The van der Waals surface area contributed by atoms with Gasteiger partial charge in [-0.05, 0) is 19.4 Å². The van der Waals surface area contributed by atoms with E-state index in [-0.39, 0.29) is 5.91 Å². The summed E-state index contributed by atoms with van der Waals surface area (Å²) < 4.78 is 11.7. The van der Waals surface area contributed by atoms with E-state index < -0.39 is 35.2 Å². The molecule has 4 rings (SSSR count). The molecular weight excluding hydrogens is 250 g/mol. The molecule has 1 amide bonds. The average molecular weight is 265 g/mol. The van der Waals surface area contributed by atoms with E-state index >= 15 is 0 Å². The van der Waals surface area contributed by atoms with Crippen LogP contribution in [-0.2, 0) is 19.1 Å². The van der Waals surface area contributed by atoms with E-state index in [9.17, 15) is 14.7 Å². The largest absolute Gasteiger partial charge is 0.481 e. The fourth-order valence-corrected chi connectivity index (χ4v) is 4.10. The summed E-state index contributed by atoms with van der Waals surface area (Å²) in [4.78, 5) is 25.7. The van der Waals surface area contributed by atoms with Crippen molar-refractivity contribution in [3.05, 3.63) is 12.2 Å². The predicted molar refractivity (Wildman–Crippen MR) is 62.0 cm³/mol. The van der Waals surface area contributed by atoms with Gasteiger partial charge in [0, 0.05) is 6.54 Å². The van der Waals surface area contributed by atoms with Crippen LogP contribution in [0.1, 0.15) is 13.3 Å². The Morgan fingerprint density at radius 3 is 3.05 bits per heavy atom. The molecule has 1 N–H and O–H groups in total. The maximum absolute atomic E-state index is 12.5. The lowest BCUT2D eigenvalue weighted by atomic mass is 9.72. The Morgan fingerprint density at radius 1 is 1.53 bits per heavy atom. The number of amides is 1. The zero-order valence-corrected chi connectivity index (χ0v) is 10.5. The minimum atomic E-state index is -0.980. The third kappa shape index (κ3) is 1.10. The van der Waals surface area contributed by atoms with Crippen molar-refractivity contribution in [2.75, 3.05) is 13.2 Å². The number of carboxylic acids is 1. The van der Waals surface area contributed by atoms with Crippen LogP contribution in [0.4, 0.5) is 0 Å². The molecule has 5 atom stereocenters. The van der Waals surface area contributed by atoms with E-state index in [1.54, 1.807) is 17.9 Å². The van der Waals surface area contributed by atoms with Crippen molar-refractivity contribution >= 4 is 11.9 Å². The van der Waals surface area contributed by atoms with Crippen molar-refractivity contribution < 1.29 is 24.2 Å². The molecule has 19 heavy (non-hydrogen) atoms. The van der Waals surface area contributed by atoms with Gasteiger partial charge in [-0.2, -0.15) is 0 Å². The van der Waals surface area contributed by atoms with Gasteiger partial charge in [0.1, 0.15) is 11.5 Å². The highest BCUT2D eigenvalue weighted by molar-refractivity contribution is 5.91. The van der Waals surface area contributed by atoms with Crippen molar-refractivity contribution in [3.63, 3.8) is 0 Å². The van der Waals surface area contributed by atoms with Gasteiger partial charge in [-0.15, -0.1) is 0 Å². The molecule has 102 valence electrons. The summed E-state index contributed by atoms with van der Waals surface area (Å²) >= 11 is 0. The fourth-order valence-electron chi connectivity index (χ4n) is 4.10. The molecule has 0 radical (unpaired) electrons. The molecule has 0 saturated carbocycles. The van der Waals surface area contributed by atoms with Gasteiger partial charge < -0.3 is 19.5 Å². The molecule has 4 aliphatic heterocycles. The molecule has 6 nitrogen and oxygen atoms in total. The van der Waals surface area contributed by atoms with Gasteiger partial charge in [-0.3, -0.25) is 9.59 Å². The third-order valence-corrected chi connectivity index (χ3v) is 4.81. The lowest BCUT2D eigenvalue weighted by molar-refractivity contribution is -0.179. The number of rotatable bonds is 1. The van der Waals surface area contributed by atoms with Crippen LogP contribution in [0.15, 0.2) is 12.2 Å². The molecule has 0 aromatic heterocycles. The number of hydrogen-bond donors (Lipinski definition) is 1. The molecule has 1 spiro atoms. The van der Waals surface area contributed by atoms with Crippen LogP contribution in [0, 0.1) is 11.8 Å². The molecular formula is C13H15NO5. The van der Waals surface area contributed by atoms with Gasteiger partial charge >= 0.3 is 5.97 Å². The van der Waals surface area contributed by atoms with Crippen LogP contribution in [0.3, 0.4) is 0 Å². The molecule has 0 aromatic carbocycles. The summed E-state index contributed by atoms with van der Waals surface area (Å²) in [5.41, 5.74) is -1.81. The lowest BCUT2D eigenvalue weighted by Gasteiger charge is -2.36. The summed E-state index contributed by atoms with van der Waals surface area (Å²) in [6.07, 6.45) is 3.92. The predicted octanol–water partition coefficient (Wildman–Crippen LogP) is -0.0105. The topological polar surface area (TPSA) is 76.1 Å². The maximum Gasteiger partial charge on any atom is 0.310 e. The average Bonchev–Trinajstić information content (AvgIpc) is 2.94. The highest BCUT2D eigenvalue weighted by Crippen LogP contribution is 2.60. The summed E-state index contributed by atoms with van der Waals surface area (Å²) in [6, 6.07) is 0. The molecule has 3 saturated heterocycles. The quantitative estimate of drug-likeness (QED) is 0.675. The summed E-state index contributed by atoms with van der Waals surface area (Å²) in [5, 5.41) is 9.47.